The van der Waals surface area contributed by atoms with Crippen molar-refractivity contribution in [2.45, 2.75) is 39.0 Å². The SMILES string of the molecule is CC1CCC(CCNc2nc(N)nc3sccc23)CC1. The lowest BCUT2D eigenvalue weighted by Gasteiger charge is -2.26. The van der Waals surface area contributed by atoms with Crippen LogP contribution in [0, 0.1) is 11.8 Å². The molecule has 0 bridgehead atoms. The first-order chi connectivity index (χ1) is 9.72. The van der Waals surface area contributed by atoms with Crippen LogP contribution in [0.5, 0.6) is 0 Å². The summed E-state index contributed by atoms with van der Waals surface area (Å²) in [7, 11) is 0. The molecule has 2 aromatic rings. The molecule has 0 aliphatic heterocycles. The van der Waals surface area contributed by atoms with Crippen molar-refractivity contribution in [2.24, 2.45) is 11.8 Å². The average Bonchev–Trinajstić information content (AvgIpc) is 2.89. The van der Waals surface area contributed by atoms with Gasteiger partial charge in [0, 0.05) is 6.54 Å². The number of nitrogens with one attached hydrogen (secondary N) is 1. The standard InChI is InChI=1S/C15H22N4S/c1-10-2-4-11(5-3-10)6-8-17-13-12-7-9-20-14(12)19-15(16)18-13/h7,9-11H,2-6,8H2,1H3,(H3,16,17,18,19). The van der Waals surface area contributed by atoms with Gasteiger partial charge in [0.1, 0.15) is 10.6 Å². The number of nitrogens with zero attached hydrogens (tertiary/aromatic N) is 2. The zero-order chi connectivity index (χ0) is 13.9. The molecule has 3 N–H and O–H groups in total. The van der Waals surface area contributed by atoms with Gasteiger partial charge in [-0.1, -0.05) is 32.6 Å². The lowest BCUT2D eigenvalue weighted by molar-refractivity contribution is 0.282. The number of fused-ring (bicyclic) bond motifs is 1. The minimum atomic E-state index is 0.356. The summed E-state index contributed by atoms with van der Waals surface area (Å²) in [6, 6.07) is 2.06. The highest BCUT2D eigenvalue weighted by Gasteiger charge is 2.17. The first kappa shape index (κ1) is 13.6. The van der Waals surface area contributed by atoms with E-state index in [4.69, 9.17) is 5.73 Å². The van der Waals surface area contributed by atoms with Crippen LogP contribution in [0.3, 0.4) is 0 Å². The molecule has 4 nitrogen and oxygen atoms in total. The van der Waals surface area contributed by atoms with Gasteiger partial charge in [-0.05, 0) is 29.7 Å². The molecular weight excluding hydrogens is 268 g/mol. The zero-order valence-corrected chi connectivity index (χ0v) is 12.7. The van der Waals surface area contributed by atoms with Gasteiger partial charge in [0.15, 0.2) is 0 Å². The Kier molecular flexibility index (Phi) is 4.05. The topological polar surface area (TPSA) is 63.8 Å². The van der Waals surface area contributed by atoms with Crippen LogP contribution in [0.4, 0.5) is 11.8 Å². The predicted molar refractivity (Wildman–Crippen MR) is 86.1 cm³/mol. The van der Waals surface area contributed by atoms with Crippen molar-refractivity contribution in [3.05, 3.63) is 11.4 Å². The number of hydrogen-bond donors (Lipinski definition) is 2. The predicted octanol–water partition coefficient (Wildman–Crippen LogP) is 3.90. The molecule has 0 aromatic carbocycles. The third kappa shape index (κ3) is 3.03. The van der Waals surface area contributed by atoms with Crippen LogP contribution in [-0.2, 0) is 0 Å². The number of nitrogens with two attached hydrogens (primary N) is 1. The van der Waals surface area contributed by atoms with Crippen molar-refractivity contribution >= 4 is 33.3 Å². The summed E-state index contributed by atoms with van der Waals surface area (Å²) in [6.45, 7) is 3.34. The molecule has 20 heavy (non-hydrogen) atoms. The molecule has 1 aliphatic rings. The van der Waals surface area contributed by atoms with Crippen LogP contribution in [0.15, 0.2) is 11.4 Å². The van der Waals surface area contributed by atoms with Gasteiger partial charge in [-0.15, -0.1) is 11.3 Å². The average molecular weight is 290 g/mol. The monoisotopic (exact) mass is 290 g/mol. The Bertz CT molecular complexity index is 572. The van der Waals surface area contributed by atoms with Crippen molar-refractivity contribution < 1.29 is 0 Å². The van der Waals surface area contributed by atoms with E-state index >= 15 is 0 Å². The first-order valence-electron chi connectivity index (χ1n) is 7.47. The molecule has 0 radical (unpaired) electrons. The Labute approximate surface area is 123 Å². The fourth-order valence-electron chi connectivity index (χ4n) is 3.02. The highest BCUT2D eigenvalue weighted by atomic mass is 32.1. The summed E-state index contributed by atoms with van der Waals surface area (Å²) < 4.78 is 0. The Morgan fingerprint density at radius 1 is 1.30 bits per heavy atom. The smallest absolute Gasteiger partial charge is 0.223 e. The second-order valence-corrected chi connectivity index (χ2v) is 6.81. The third-order valence-corrected chi connectivity index (χ3v) is 5.13. The van der Waals surface area contributed by atoms with Gasteiger partial charge in [0.25, 0.3) is 0 Å². The molecule has 108 valence electrons. The van der Waals surface area contributed by atoms with E-state index in [1.54, 1.807) is 11.3 Å². The summed E-state index contributed by atoms with van der Waals surface area (Å²) >= 11 is 1.61. The summed E-state index contributed by atoms with van der Waals surface area (Å²) in [5.74, 6) is 3.04. The molecule has 0 amide bonds. The number of rotatable bonds is 4. The van der Waals surface area contributed by atoms with E-state index < -0.39 is 0 Å². The van der Waals surface area contributed by atoms with Gasteiger partial charge in [-0.25, -0.2) is 4.98 Å². The van der Waals surface area contributed by atoms with Crippen LogP contribution in [0.2, 0.25) is 0 Å². The molecule has 3 rings (SSSR count). The highest BCUT2D eigenvalue weighted by molar-refractivity contribution is 7.16. The van der Waals surface area contributed by atoms with Gasteiger partial charge in [0.05, 0.1) is 5.39 Å². The Morgan fingerprint density at radius 2 is 2.10 bits per heavy atom. The third-order valence-electron chi connectivity index (χ3n) is 4.32. The largest absolute Gasteiger partial charge is 0.369 e. The summed E-state index contributed by atoms with van der Waals surface area (Å²) in [5, 5.41) is 6.57. The van der Waals surface area contributed by atoms with Gasteiger partial charge < -0.3 is 11.1 Å². The van der Waals surface area contributed by atoms with Crippen molar-refractivity contribution in [1.82, 2.24) is 9.97 Å². The van der Waals surface area contributed by atoms with Gasteiger partial charge in [0.2, 0.25) is 5.95 Å². The molecule has 0 atom stereocenters. The molecule has 2 heterocycles. The maximum Gasteiger partial charge on any atom is 0.223 e. The van der Waals surface area contributed by atoms with Gasteiger partial charge >= 0.3 is 0 Å². The maximum atomic E-state index is 5.76. The van der Waals surface area contributed by atoms with E-state index in [1.807, 2.05) is 5.38 Å². The van der Waals surface area contributed by atoms with Crippen LogP contribution >= 0.6 is 11.3 Å². The fourth-order valence-corrected chi connectivity index (χ4v) is 3.79. The second kappa shape index (κ2) is 5.95. The van der Waals surface area contributed by atoms with Gasteiger partial charge in [-0.3, -0.25) is 0 Å². The Balaban J connectivity index is 1.58. The van der Waals surface area contributed by atoms with E-state index in [-0.39, 0.29) is 0 Å². The summed E-state index contributed by atoms with van der Waals surface area (Å²) in [4.78, 5) is 9.54. The molecule has 0 spiro atoms. The molecule has 1 fully saturated rings. The second-order valence-electron chi connectivity index (χ2n) is 5.91. The molecule has 2 aromatic heterocycles. The normalized spacial score (nSPS) is 23.1. The molecule has 1 saturated carbocycles. The molecule has 1 aliphatic carbocycles. The van der Waals surface area contributed by atoms with Crippen LogP contribution in [0.1, 0.15) is 39.0 Å². The highest BCUT2D eigenvalue weighted by Crippen LogP contribution is 2.31. The van der Waals surface area contributed by atoms with Crippen LogP contribution in [-0.4, -0.2) is 16.5 Å². The van der Waals surface area contributed by atoms with E-state index in [9.17, 15) is 0 Å². The Hall–Kier alpha value is -1.36. The van der Waals surface area contributed by atoms with Crippen LogP contribution in [0.25, 0.3) is 10.2 Å². The summed E-state index contributed by atoms with van der Waals surface area (Å²) in [5.41, 5.74) is 5.76. The van der Waals surface area contributed by atoms with Crippen LogP contribution < -0.4 is 11.1 Å². The number of thiophene rings is 1. The first-order valence-corrected chi connectivity index (χ1v) is 8.35. The molecule has 0 unspecified atom stereocenters. The van der Waals surface area contributed by atoms with Crippen molar-refractivity contribution in [3.63, 3.8) is 0 Å². The van der Waals surface area contributed by atoms with E-state index in [2.05, 4.69) is 28.3 Å². The minimum absolute atomic E-state index is 0.356. The summed E-state index contributed by atoms with van der Waals surface area (Å²) in [6.07, 6.45) is 6.76. The lowest BCUT2D eigenvalue weighted by atomic mass is 9.81. The van der Waals surface area contributed by atoms with Crippen molar-refractivity contribution in [3.8, 4) is 0 Å². The van der Waals surface area contributed by atoms with E-state index in [0.717, 1.165) is 34.4 Å². The molecular formula is C15H22N4S. The maximum absolute atomic E-state index is 5.76. The molecule has 0 saturated heterocycles. The van der Waals surface area contributed by atoms with E-state index in [1.165, 1.54) is 32.1 Å². The van der Waals surface area contributed by atoms with Crippen molar-refractivity contribution in [2.75, 3.05) is 17.6 Å². The number of anilines is 2. The number of nitrogen functional groups attached to an aromatic ring is 1. The molecule has 5 heteroatoms. The lowest BCUT2D eigenvalue weighted by Crippen LogP contribution is -2.16. The van der Waals surface area contributed by atoms with E-state index in [0.29, 0.717) is 5.95 Å². The zero-order valence-electron chi connectivity index (χ0n) is 11.9. The minimum Gasteiger partial charge on any atom is -0.369 e. The number of aromatic nitrogens is 2. The van der Waals surface area contributed by atoms with Gasteiger partial charge in [-0.2, -0.15) is 4.98 Å². The van der Waals surface area contributed by atoms with Crippen molar-refractivity contribution in [1.29, 1.82) is 0 Å². The Morgan fingerprint density at radius 3 is 2.90 bits per heavy atom. The fraction of sp³-hybridized carbons (Fsp3) is 0.600. The quantitative estimate of drug-likeness (QED) is 0.896. The number of hydrogen-bond acceptors (Lipinski definition) is 5.